The molecule has 1 N–H and O–H groups in total. The summed E-state index contributed by atoms with van der Waals surface area (Å²) in [6.07, 6.45) is 4.34. The van der Waals surface area contributed by atoms with Gasteiger partial charge in [-0.15, -0.1) is 0 Å². The van der Waals surface area contributed by atoms with Crippen LogP contribution in [0.25, 0.3) is 0 Å². The van der Waals surface area contributed by atoms with E-state index >= 15 is 0 Å². The molecule has 0 saturated heterocycles. The zero-order valence-electron chi connectivity index (χ0n) is 11.9. The van der Waals surface area contributed by atoms with Gasteiger partial charge in [-0.3, -0.25) is 0 Å². The van der Waals surface area contributed by atoms with E-state index in [9.17, 15) is 16.8 Å². The van der Waals surface area contributed by atoms with Gasteiger partial charge in [-0.1, -0.05) is 26.7 Å². The fourth-order valence-electron chi connectivity index (χ4n) is 2.55. The number of rotatable bonds is 6. The first-order valence-electron chi connectivity index (χ1n) is 6.78. The lowest BCUT2D eigenvalue weighted by molar-refractivity contribution is 0.227. The number of hydrogen-bond acceptors (Lipinski definition) is 4. The van der Waals surface area contributed by atoms with Gasteiger partial charge in [-0.2, -0.15) is 0 Å². The molecule has 1 saturated carbocycles. The van der Waals surface area contributed by atoms with Gasteiger partial charge in [0.1, 0.15) is 9.84 Å². The molecule has 0 radical (unpaired) electrons. The monoisotopic (exact) mass is 311 g/mol. The van der Waals surface area contributed by atoms with Crippen molar-refractivity contribution in [3.05, 3.63) is 0 Å². The molecule has 1 aliphatic carbocycles. The molecule has 1 aliphatic rings. The maximum atomic E-state index is 11.9. The van der Waals surface area contributed by atoms with Gasteiger partial charge in [-0.25, -0.2) is 21.6 Å². The van der Waals surface area contributed by atoms with Crippen LogP contribution in [0.4, 0.5) is 0 Å². The van der Waals surface area contributed by atoms with Crippen molar-refractivity contribution < 1.29 is 16.8 Å². The van der Waals surface area contributed by atoms with Gasteiger partial charge in [-0.05, 0) is 24.7 Å². The van der Waals surface area contributed by atoms with Crippen LogP contribution in [-0.4, -0.2) is 40.6 Å². The van der Waals surface area contributed by atoms with Gasteiger partial charge in [0.25, 0.3) is 0 Å². The van der Waals surface area contributed by atoms with Crippen LogP contribution in [0.2, 0.25) is 0 Å². The van der Waals surface area contributed by atoms with Gasteiger partial charge in [0.05, 0.1) is 11.5 Å². The van der Waals surface area contributed by atoms with Crippen molar-refractivity contribution in [3.8, 4) is 0 Å². The summed E-state index contributed by atoms with van der Waals surface area (Å²) in [5.74, 6) is 0.665. The minimum absolute atomic E-state index is 0.00742. The predicted octanol–water partition coefficient (Wildman–Crippen LogP) is 1.17. The van der Waals surface area contributed by atoms with Crippen molar-refractivity contribution in [2.24, 2.45) is 11.8 Å². The smallest absolute Gasteiger partial charge is 0.211 e. The molecular weight excluding hydrogens is 286 g/mol. The van der Waals surface area contributed by atoms with E-state index in [2.05, 4.69) is 18.6 Å². The molecule has 0 spiro atoms. The van der Waals surface area contributed by atoms with Gasteiger partial charge in [0.2, 0.25) is 10.0 Å². The fraction of sp³-hybridized carbons (Fsp3) is 1.00. The highest BCUT2D eigenvalue weighted by atomic mass is 32.2. The molecule has 0 amide bonds. The van der Waals surface area contributed by atoms with Crippen molar-refractivity contribution in [1.29, 1.82) is 0 Å². The highest BCUT2D eigenvalue weighted by Gasteiger charge is 2.29. The third kappa shape index (κ3) is 6.23. The van der Waals surface area contributed by atoms with E-state index in [1.165, 1.54) is 0 Å². The summed E-state index contributed by atoms with van der Waals surface area (Å²) >= 11 is 0. The van der Waals surface area contributed by atoms with E-state index in [4.69, 9.17) is 0 Å². The summed E-state index contributed by atoms with van der Waals surface area (Å²) in [7, 11) is -6.47. The van der Waals surface area contributed by atoms with Crippen LogP contribution in [0.3, 0.4) is 0 Å². The standard InChI is InChI=1S/C12H25NO4S2/c1-10-6-4-7-12(11(10)2)13-19(16,17)9-5-8-18(3,14)15/h10-13H,4-9H2,1-3H3. The normalized spacial score (nSPS) is 29.3. The Balaban J connectivity index is 2.50. The van der Waals surface area contributed by atoms with Crippen molar-refractivity contribution in [2.45, 2.75) is 45.6 Å². The lowest BCUT2D eigenvalue weighted by Crippen LogP contribution is -2.44. The molecule has 0 aromatic rings. The minimum Gasteiger partial charge on any atom is -0.229 e. The van der Waals surface area contributed by atoms with E-state index in [0.717, 1.165) is 25.5 Å². The second-order valence-corrected chi connectivity index (χ2v) is 9.93. The Morgan fingerprint density at radius 1 is 1.05 bits per heavy atom. The molecule has 3 unspecified atom stereocenters. The second-order valence-electron chi connectivity index (χ2n) is 5.79. The Labute approximate surface area is 117 Å². The summed E-state index contributed by atoms with van der Waals surface area (Å²) in [5.41, 5.74) is 0. The van der Waals surface area contributed by atoms with Crippen LogP contribution in [-0.2, 0) is 19.9 Å². The van der Waals surface area contributed by atoms with Crippen LogP contribution in [0.5, 0.6) is 0 Å². The van der Waals surface area contributed by atoms with Crippen molar-refractivity contribution >= 4 is 19.9 Å². The van der Waals surface area contributed by atoms with Crippen LogP contribution in [0.15, 0.2) is 0 Å². The Bertz CT molecular complexity index is 484. The maximum Gasteiger partial charge on any atom is 0.211 e. The molecule has 0 aliphatic heterocycles. The molecular formula is C12H25NO4S2. The average Bonchev–Trinajstić information content (AvgIpc) is 2.22. The van der Waals surface area contributed by atoms with E-state index in [0.29, 0.717) is 11.8 Å². The summed E-state index contributed by atoms with van der Waals surface area (Å²) in [5, 5.41) is 0. The second kappa shape index (κ2) is 6.54. The van der Waals surface area contributed by atoms with Gasteiger partial charge in [0.15, 0.2) is 0 Å². The van der Waals surface area contributed by atoms with E-state index < -0.39 is 19.9 Å². The molecule has 1 rings (SSSR count). The van der Waals surface area contributed by atoms with Crippen LogP contribution >= 0.6 is 0 Å². The SMILES string of the molecule is CC1CCCC(NS(=O)(=O)CCCS(C)(=O)=O)C1C. The van der Waals surface area contributed by atoms with Crippen LogP contribution in [0, 0.1) is 11.8 Å². The third-order valence-corrected chi connectivity index (χ3v) is 6.48. The first-order valence-corrected chi connectivity index (χ1v) is 10.5. The number of hydrogen-bond donors (Lipinski definition) is 1. The predicted molar refractivity (Wildman–Crippen MR) is 77.2 cm³/mol. The fourth-order valence-corrected chi connectivity index (χ4v) is 4.84. The molecule has 3 atom stereocenters. The number of sulfone groups is 1. The van der Waals surface area contributed by atoms with E-state index in [-0.39, 0.29) is 24.0 Å². The molecule has 0 aromatic heterocycles. The lowest BCUT2D eigenvalue weighted by atomic mass is 9.78. The van der Waals surface area contributed by atoms with Crippen molar-refractivity contribution in [1.82, 2.24) is 4.72 Å². The molecule has 114 valence electrons. The summed E-state index contributed by atoms with van der Waals surface area (Å²) < 4.78 is 48.6. The summed E-state index contributed by atoms with van der Waals surface area (Å²) in [6.45, 7) is 4.22. The first-order chi connectivity index (χ1) is 8.61. The van der Waals surface area contributed by atoms with Crippen molar-refractivity contribution in [2.75, 3.05) is 17.8 Å². The van der Waals surface area contributed by atoms with Gasteiger partial charge < -0.3 is 0 Å². The molecule has 0 aromatic carbocycles. The summed E-state index contributed by atoms with van der Waals surface area (Å²) in [4.78, 5) is 0. The Kier molecular flexibility index (Phi) is 5.82. The summed E-state index contributed by atoms with van der Waals surface area (Å²) in [6, 6.07) is -0.00742. The average molecular weight is 311 g/mol. The van der Waals surface area contributed by atoms with Crippen LogP contribution < -0.4 is 4.72 Å². The Morgan fingerprint density at radius 2 is 1.68 bits per heavy atom. The quantitative estimate of drug-likeness (QED) is 0.798. The van der Waals surface area contributed by atoms with Crippen molar-refractivity contribution in [3.63, 3.8) is 0 Å². The van der Waals surface area contributed by atoms with Gasteiger partial charge >= 0.3 is 0 Å². The Morgan fingerprint density at radius 3 is 2.26 bits per heavy atom. The first kappa shape index (κ1) is 16.9. The molecule has 19 heavy (non-hydrogen) atoms. The molecule has 1 fully saturated rings. The topological polar surface area (TPSA) is 80.3 Å². The molecule has 5 nitrogen and oxygen atoms in total. The Hall–Kier alpha value is -0.140. The van der Waals surface area contributed by atoms with Crippen LogP contribution in [0.1, 0.15) is 39.5 Å². The van der Waals surface area contributed by atoms with Gasteiger partial charge in [0, 0.05) is 12.3 Å². The van der Waals surface area contributed by atoms with E-state index in [1.807, 2.05) is 0 Å². The molecule has 7 heteroatoms. The number of nitrogens with one attached hydrogen (secondary N) is 1. The lowest BCUT2D eigenvalue weighted by Gasteiger charge is -2.34. The maximum absolute atomic E-state index is 11.9. The number of sulfonamides is 1. The highest BCUT2D eigenvalue weighted by molar-refractivity contribution is 7.91. The zero-order chi connectivity index (χ0) is 14.7. The largest absolute Gasteiger partial charge is 0.229 e. The molecule has 0 bridgehead atoms. The third-order valence-electron chi connectivity index (χ3n) is 3.97. The molecule has 0 heterocycles. The highest BCUT2D eigenvalue weighted by Crippen LogP contribution is 2.29. The minimum atomic E-state index is -3.37. The van der Waals surface area contributed by atoms with E-state index in [1.54, 1.807) is 0 Å². The zero-order valence-corrected chi connectivity index (χ0v) is 13.6.